The van der Waals surface area contributed by atoms with E-state index in [0.717, 1.165) is 55.3 Å². The summed E-state index contributed by atoms with van der Waals surface area (Å²) >= 11 is 0. The second kappa shape index (κ2) is 8.35. The van der Waals surface area contributed by atoms with Gasteiger partial charge in [0.1, 0.15) is 11.6 Å². The van der Waals surface area contributed by atoms with Gasteiger partial charge in [-0.1, -0.05) is 18.2 Å². The number of rotatable bonds is 6. The van der Waals surface area contributed by atoms with Gasteiger partial charge in [-0.05, 0) is 44.0 Å². The molecule has 0 amide bonds. The number of benzene rings is 1. The first kappa shape index (κ1) is 17.7. The number of hydrogen-bond acceptors (Lipinski definition) is 4. The van der Waals surface area contributed by atoms with Gasteiger partial charge in [-0.2, -0.15) is 0 Å². The maximum Gasteiger partial charge on any atom is 0.143 e. The lowest BCUT2D eigenvalue weighted by molar-refractivity contribution is 0.178. The van der Waals surface area contributed by atoms with Crippen LogP contribution < -0.4 is 4.74 Å². The topological polar surface area (TPSA) is 43.2 Å². The highest BCUT2D eigenvalue weighted by atomic mass is 16.5. The summed E-state index contributed by atoms with van der Waals surface area (Å²) in [5.41, 5.74) is 2.21. The Labute approximate surface area is 160 Å². The van der Waals surface area contributed by atoms with Crippen molar-refractivity contribution in [3.63, 3.8) is 0 Å². The molecule has 3 aromatic rings. The van der Waals surface area contributed by atoms with Crippen molar-refractivity contribution in [1.29, 1.82) is 0 Å². The van der Waals surface area contributed by atoms with Crippen LogP contribution in [0.2, 0.25) is 0 Å². The number of piperidine rings is 1. The molecule has 0 radical (unpaired) electrons. The highest BCUT2D eigenvalue weighted by Crippen LogP contribution is 2.33. The van der Waals surface area contributed by atoms with Gasteiger partial charge in [0.25, 0.3) is 0 Å². The van der Waals surface area contributed by atoms with Crippen molar-refractivity contribution in [3.05, 3.63) is 66.7 Å². The third kappa shape index (κ3) is 4.03. The Morgan fingerprint density at radius 2 is 1.81 bits per heavy atom. The first-order chi connectivity index (χ1) is 13.3. The second-order valence-corrected chi connectivity index (χ2v) is 6.92. The molecular weight excluding hydrogens is 336 g/mol. The van der Waals surface area contributed by atoms with Gasteiger partial charge in [-0.3, -0.25) is 9.88 Å². The normalized spacial score (nSPS) is 15.7. The van der Waals surface area contributed by atoms with Gasteiger partial charge in [0, 0.05) is 44.3 Å². The largest absolute Gasteiger partial charge is 0.493 e. The van der Waals surface area contributed by atoms with Crippen molar-refractivity contribution in [2.24, 2.45) is 0 Å². The molecule has 1 saturated heterocycles. The van der Waals surface area contributed by atoms with Crippen LogP contribution in [0, 0.1) is 0 Å². The monoisotopic (exact) mass is 362 g/mol. The molecule has 0 spiro atoms. The molecule has 0 N–H and O–H groups in total. The number of aromatic nitrogens is 3. The van der Waals surface area contributed by atoms with Crippen LogP contribution in [0.1, 0.15) is 31.5 Å². The zero-order chi connectivity index (χ0) is 18.5. The molecule has 0 saturated carbocycles. The van der Waals surface area contributed by atoms with Crippen LogP contribution >= 0.6 is 0 Å². The zero-order valence-electron chi connectivity index (χ0n) is 15.8. The molecule has 1 aliphatic heterocycles. The van der Waals surface area contributed by atoms with Gasteiger partial charge < -0.3 is 9.30 Å². The summed E-state index contributed by atoms with van der Waals surface area (Å²) in [6, 6.07) is 14.8. The standard InChI is InChI=1S/C22H26N4O/c1-2-27-21-9-4-3-8-20(21)22-24-13-16-26(22)19-10-14-25(15-11-19)17-18-7-5-6-12-23-18/h3-9,12-13,16,19H,2,10-11,14-15,17H2,1H3. The van der Waals surface area contributed by atoms with Gasteiger partial charge >= 0.3 is 0 Å². The molecule has 4 rings (SSSR count). The highest BCUT2D eigenvalue weighted by Gasteiger charge is 2.23. The van der Waals surface area contributed by atoms with Crippen molar-refractivity contribution in [1.82, 2.24) is 19.4 Å². The smallest absolute Gasteiger partial charge is 0.143 e. The highest BCUT2D eigenvalue weighted by molar-refractivity contribution is 5.64. The van der Waals surface area contributed by atoms with E-state index in [4.69, 9.17) is 4.74 Å². The first-order valence-corrected chi connectivity index (χ1v) is 9.72. The molecule has 140 valence electrons. The molecule has 0 atom stereocenters. The predicted molar refractivity (Wildman–Crippen MR) is 107 cm³/mol. The Hall–Kier alpha value is -2.66. The Morgan fingerprint density at radius 3 is 2.59 bits per heavy atom. The third-order valence-electron chi connectivity index (χ3n) is 5.16. The van der Waals surface area contributed by atoms with Crippen molar-refractivity contribution in [3.8, 4) is 17.1 Å². The summed E-state index contributed by atoms with van der Waals surface area (Å²) in [5, 5.41) is 0. The van der Waals surface area contributed by atoms with E-state index in [0.29, 0.717) is 12.6 Å². The lowest BCUT2D eigenvalue weighted by Crippen LogP contribution is -2.34. The third-order valence-corrected chi connectivity index (χ3v) is 5.16. The Morgan fingerprint density at radius 1 is 1.00 bits per heavy atom. The van der Waals surface area contributed by atoms with Crippen LogP contribution in [0.15, 0.2) is 61.1 Å². The number of likely N-dealkylation sites (tertiary alicyclic amines) is 1. The fourth-order valence-electron chi connectivity index (χ4n) is 3.83. The maximum absolute atomic E-state index is 5.82. The molecule has 5 heteroatoms. The Balaban J connectivity index is 1.47. The number of para-hydroxylation sites is 1. The number of nitrogens with zero attached hydrogens (tertiary/aromatic N) is 4. The SMILES string of the molecule is CCOc1ccccc1-c1nccn1C1CCN(Cc2ccccn2)CC1. The molecule has 1 aliphatic rings. The van der Waals surface area contributed by atoms with E-state index < -0.39 is 0 Å². The minimum Gasteiger partial charge on any atom is -0.493 e. The van der Waals surface area contributed by atoms with Gasteiger partial charge in [-0.25, -0.2) is 4.98 Å². The van der Waals surface area contributed by atoms with E-state index in [1.807, 2.05) is 43.6 Å². The maximum atomic E-state index is 5.82. The molecule has 0 bridgehead atoms. The molecule has 0 unspecified atom stereocenters. The molecule has 2 aromatic heterocycles. The van der Waals surface area contributed by atoms with Crippen LogP contribution in [-0.4, -0.2) is 39.1 Å². The average molecular weight is 362 g/mol. The molecular formula is C22H26N4O. The summed E-state index contributed by atoms with van der Waals surface area (Å²) in [6.45, 7) is 5.75. The summed E-state index contributed by atoms with van der Waals surface area (Å²) in [5.74, 6) is 1.90. The predicted octanol–water partition coefficient (Wildman–Crippen LogP) is 4.18. The number of pyridine rings is 1. The van der Waals surface area contributed by atoms with E-state index >= 15 is 0 Å². The van der Waals surface area contributed by atoms with Crippen molar-refractivity contribution < 1.29 is 4.74 Å². The summed E-state index contributed by atoms with van der Waals surface area (Å²) in [7, 11) is 0. The lowest BCUT2D eigenvalue weighted by Gasteiger charge is -2.33. The van der Waals surface area contributed by atoms with Crippen molar-refractivity contribution >= 4 is 0 Å². The Bertz CT molecular complexity index is 854. The van der Waals surface area contributed by atoms with Crippen LogP contribution in [-0.2, 0) is 6.54 Å². The van der Waals surface area contributed by atoms with Gasteiger partial charge in [0.15, 0.2) is 0 Å². The molecule has 1 aromatic carbocycles. The lowest BCUT2D eigenvalue weighted by atomic mass is 10.0. The van der Waals surface area contributed by atoms with E-state index in [2.05, 4.69) is 43.8 Å². The van der Waals surface area contributed by atoms with Gasteiger partial charge in [-0.15, -0.1) is 0 Å². The van der Waals surface area contributed by atoms with Crippen molar-refractivity contribution in [2.45, 2.75) is 32.4 Å². The Kier molecular flexibility index (Phi) is 5.49. The van der Waals surface area contributed by atoms with Crippen LogP contribution in [0.4, 0.5) is 0 Å². The van der Waals surface area contributed by atoms with E-state index in [-0.39, 0.29) is 0 Å². The number of hydrogen-bond donors (Lipinski definition) is 0. The quantitative estimate of drug-likeness (QED) is 0.660. The average Bonchev–Trinajstić information content (AvgIpc) is 3.20. The number of ether oxygens (including phenoxy) is 1. The van der Waals surface area contributed by atoms with E-state index in [1.165, 1.54) is 0 Å². The van der Waals surface area contributed by atoms with E-state index in [9.17, 15) is 0 Å². The molecule has 0 aliphatic carbocycles. The molecule has 3 heterocycles. The van der Waals surface area contributed by atoms with Gasteiger partial charge in [0.2, 0.25) is 0 Å². The molecule has 5 nitrogen and oxygen atoms in total. The van der Waals surface area contributed by atoms with Crippen LogP contribution in [0.5, 0.6) is 5.75 Å². The minimum absolute atomic E-state index is 0.470. The summed E-state index contributed by atoms with van der Waals surface area (Å²) < 4.78 is 8.15. The van der Waals surface area contributed by atoms with E-state index in [1.54, 1.807) is 0 Å². The number of imidazole rings is 1. The summed E-state index contributed by atoms with van der Waals surface area (Å²) in [6.07, 6.45) is 8.12. The van der Waals surface area contributed by atoms with Crippen LogP contribution in [0.25, 0.3) is 11.4 Å². The first-order valence-electron chi connectivity index (χ1n) is 9.72. The summed E-state index contributed by atoms with van der Waals surface area (Å²) in [4.78, 5) is 11.6. The van der Waals surface area contributed by atoms with Crippen LogP contribution in [0.3, 0.4) is 0 Å². The van der Waals surface area contributed by atoms with Crippen molar-refractivity contribution in [2.75, 3.05) is 19.7 Å². The zero-order valence-corrected chi connectivity index (χ0v) is 15.8. The molecule has 27 heavy (non-hydrogen) atoms. The van der Waals surface area contributed by atoms with Gasteiger partial charge in [0.05, 0.1) is 17.9 Å². The molecule has 1 fully saturated rings. The minimum atomic E-state index is 0.470. The second-order valence-electron chi connectivity index (χ2n) is 6.92. The fraction of sp³-hybridized carbons (Fsp3) is 0.364. The fourth-order valence-corrected chi connectivity index (χ4v) is 3.83.